The number of hydrogen-bond donors (Lipinski definition) is 3. The lowest BCUT2D eigenvalue weighted by atomic mass is 9.81. The molecule has 1 aliphatic heterocycles. The molecule has 0 fully saturated rings. The fraction of sp³-hybridized carbons (Fsp3) is 0.267. The summed E-state index contributed by atoms with van der Waals surface area (Å²) in [5.74, 6) is -6.21. The minimum absolute atomic E-state index is 0.0228. The number of nitrogens with one attached hydrogen (secondary N) is 2. The van der Waals surface area contributed by atoms with E-state index < -0.39 is 66.5 Å². The third-order valence-electron chi connectivity index (χ3n) is 6.97. The summed E-state index contributed by atoms with van der Waals surface area (Å²) < 4.78 is 80.3. The van der Waals surface area contributed by atoms with E-state index in [2.05, 4.69) is 15.6 Å². The summed E-state index contributed by atoms with van der Waals surface area (Å²) in [6, 6.07) is 16.5. The van der Waals surface area contributed by atoms with E-state index in [1.165, 1.54) is 36.4 Å². The van der Waals surface area contributed by atoms with Gasteiger partial charge >= 0.3 is 12.4 Å². The maximum Gasteiger partial charge on any atom is 0.416 e. The third-order valence-corrected chi connectivity index (χ3v) is 6.97. The van der Waals surface area contributed by atoms with Crippen LogP contribution in [0.3, 0.4) is 0 Å². The van der Waals surface area contributed by atoms with Crippen molar-refractivity contribution in [3.05, 3.63) is 101 Å². The lowest BCUT2D eigenvalue weighted by Crippen LogP contribution is -2.47. The van der Waals surface area contributed by atoms with Gasteiger partial charge in [0.1, 0.15) is 0 Å². The van der Waals surface area contributed by atoms with Crippen LogP contribution in [0.2, 0.25) is 0 Å². The summed E-state index contributed by atoms with van der Waals surface area (Å²) in [4.78, 5) is 43.7. The Morgan fingerprint density at radius 2 is 1.65 bits per heavy atom. The van der Waals surface area contributed by atoms with Crippen LogP contribution in [0.15, 0.2) is 77.8 Å². The van der Waals surface area contributed by atoms with Crippen molar-refractivity contribution in [2.45, 2.75) is 44.2 Å². The second-order valence-corrected chi connectivity index (χ2v) is 10.0. The summed E-state index contributed by atoms with van der Waals surface area (Å²) in [6.45, 7) is 1.65. The van der Waals surface area contributed by atoms with Gasteiger partial charge in [-0.25, -0.2) is 4.99 Å². The first-order valence-corrected chi connectivity index (χ1v) is 13.0. The number of fused-ring (bicyclic) bond motifs is 1. The van der Waals surface area contributed by atoms with Crippen LogP contribution in [-0.2, 0) is 20.6 Å². The number of aliphatic imine (C=N–C) groups is 1. The number of amides is 3. The van der Waals surface area contributed by atoms with Gasteiger partial charge in [0.05, 0.1) is 28.8 Å². The zero-order chi connectivity index (χ0) is 31.5. The predicted molar refractivity (Wildman–Crippen MR) is 146 cm³/mol. The summed E-state index contributed by atoms with van der Waals surface area (Å²) in [5, 5.41) is 4.92. The number of carbonyl (C=O) groups excluding carboxylic acids is 3. The number of carbonyl (C=O) groups is 3. The number of nitrogens with two attached hydrogens (primary N) is 1. The zero-order valence-corrected chi connectivity index (χ0v) is 22.6. The highest BCUT2D eigenvalue weighted by Crippen LogP contribution is 2.34. The van der Waals surface area contributed by atoms with Gasteiger partial charge in [0.2, 0.25) is 18.0 Å². The van der Waals surface area contributed by atoms with Gasteiger partial charge in [-0.05, 0) is 36.6 Å². The van der Waals surface area contributed by atoms with Gasteiger partial charge in [-0.2, -0.15) is 26.3 Å². The first kappa shape index (κ1) is 31.3. The second-order valence-electron chi connectivity index (χ2n) is 10.0. The number of halogens is 6. The average Bonchev–Trinajstić information content (AvgIpc) is 3.07. The first-order valence-electron chi connectivity index (χ1n) is 13.0. The fourth-order valence-corrected chi connectivity index (χ4v) is 4.92. The van der Waals surface area contributed by atoms with Crippen LogP contribution < -0.4 is 16.4 Å². The Hall–Kier alpha value is -4.68. The van der Waals surface area contributed by atoms with Crippen LogP contribution in [0.25, 0.3) is 0 Å². The lowest BCUT2D eigenvalue weighted by Gasteiger charge is -2.26. The van der Waals surface area contributed by atoms with Crippen molar-refractivity contribution in [1.29, 1.82) is 0 Å². The van der Waals surface area contributed by atoms with E-state index in [1.807, 2.05) is 0 Å². The number of nitrogens with zero attached hydrogens (tertiary/aromatic N) is 1. The summed E-state index contributed by atoms with van der Waals surface area (Å²) in [5.41, 5.74) is 5.70. The van der Waals surface area contributed by atoms with Crippen LogP contribution in [0.4, 0.5) is 32.0 Å². The molecular formula is C30H26F6N4O3. The Morgan fingerprint density at radius 3 is 2.28 bits per heavy atom. The Morgan fingerprint density at radius 1 is 0.977 bits per heavy atom. The molecule has 4 N–H and O–H groups in total. The lowest BCUT2D eigenvalue weighted by molar-refractivity contribution is -0.144. The minimum Gasteiger partial charge on any atom is -0.369 e. The maximum atomic E-state index is 13.6. The maximum absolute atomic E-state index is 13.6. The topological polar surface area (TPSA) is 114 Å². The third kappa shape index (κ3) is 7.40. The number of para-hydroxylation sites is 1. The molecule has 0 aliphatic carbocycles. The average molecular weight is 605 g/mol. The summed E-state index contributed by atoms with van der Waals surface area (Å²) in [7, 11) is 0. The molecular weight excluding hydrogens is 578 g/mol. The van der Waals surface area contributed by atoms with Crippen molar-refractivity contribution in [3.8, 4) is 0 Å². The van der Waals surface area contributed by atoms with E-state index in [0.29, 0.717) is 5.56 Å². The van der Waals surface area contributed by atoms with Gasteiger partial charge in [-0.3, -0.25) is 14.4 Å². The Labute approximate surface area is 242 Å². The van der Waals surface area contributed by atoms with Gasteiger partial charge in [-0.15, -0.1) is 0 Å². The number of benzodiazepines with no additional fused rings is 1. The summed E-state index contributed by atoms with van der Waals surface area (Å²) in [6.07, 6.45) is -13.4. The molecule has 43 heavy (non-hydrogen) atoms. The number of hydrogen-bond acceptors (Lipinski definition) is 4. The SMILES string of the molecule is Cc1cccc2c1NC(=O)[C@@H](NC(=O)[C@H](CCC(F)(F)F)[C@@H](C(N)=O)c1ccccc1)N=C2c1cccc(C(F)(F)F)c1. The number of primary amides is 1. The van der Waals surface area contributed by atoms with Crippen molar-refractivity contribution in [1.82, 2.24) is 5.32 Å². The van der Waals surface area contributed by atoms with Gasteiger partial charge in [0, 0.05) is 17.5 Å². The molecule has 4 rings (SSSR count). The van der Waals surface area contributed by atoms with Crippen LogP contribution in [0.5, 0.6) is 0 Å². The van der Waals surface area contributed by atoms with E-state index in [4.69, 9.17) is 5.73 Å². The minimum atomic E-state index is -4.69. The van der Waals surface area contributed by atoms with E-state index in [-0.39, 0.29) is 28.1 Å². The normalized spacial score (nSPS) is 16.7. The molecule has 226 valence electrons. The molecule has 3 aromatic carbocycles. The quantitative estimate of drug-likeness (QED) is 0.296. The molecule has 7 nitrogen and oxygen atoms in total. The Balaban J connectivity index is 1.78. The molecule has 3 atom stereocenters. The number of anilines is 1. The van der Waals surface area contributed by atoms with Crippen LogP contribution in [-0.4, -0.2) is 35.8 Å². The van der Waals surface area contributed by atoms with Crippen molar-refractivity contribution >= 4 is 29.1 Å². The smallest absolute Gasteiger partial charge is 0.369 e. The highest BCUT2D eigenvalue weighted by molar-refractivity contribution is 6.20. The molecule has 0 spiro atoms. The highest BCUT2D eigenvalue weighted by atomic mass is 19.4. The number of benzene rings is 3. The largest absolute Gasteiger partial charge is 0.416 e. The van der Waals surface area contributed by atoms with E-state index in [0.717, 1.165) is 18.2 Å². The molecule has 3 aromatic rings. The van der Waals surface area contributed by atoms with Crippen LogP contribution in [0, 0.1) is 12.8 Å². The van der Waals surface area contributed by atoms with E-state index in [9.17, 15) is 40.7 Å². The van der Waals surface area contributed by atoms with E-state index in [1.54, 1.807) is 25.1 Å². The highest BCUT2D eigenvalue weighted by Gasteiger charge is 2.39. The van der Waals surface area contributed by atoms with Gasteiger partial charge in [-0.1, -0.05) is 60.7 Å². The molecule has 0 saturated carbocycles. The molecule has 13 heteroatoms. The number of aryl methyl sites for hydroxylation is 1. The fourth-order valence-electron chi connectivity index (χ4n) is 4.92. The Kier molecular flexibility index (Phi) is 8.93. The summed E-state index contributed by atoms with van der Waals surface area (Å²) >= 11 is 0. The molecule has 3 amide bonds. The van der Waals surface area contributed by atoms with Gasteiger partial charge < -0.3 is 16.4 Å². The van der Waals surface area contributed by atoms with Crippen molar-refractivity contribution in [2.24, 2.45) is 16.6 Å². The molecule has 0 bridgehead atoms. The van der Waals surface area contributed by atoms with Crippen molar-refractivity contribution < 1.29 is 40.7 Å². The van der Waals surface area contributed by atoms with E-state index >= 15 is 0 Å². The molecule has 0 aromatic heterocycles. The van der Waals surface area contributed by atoms with Gasteiger partial charge in [0.15, 0.2) is 0 Å². The standard InChI is InChI=1S/C30H26F6N4O3/c1-16-7-5-12-21-23(16)39-28(43)26(38-24(21)18-10-6-11-19(15-18)30(34,35)36)40-27(42)20(13-14-29(31,32)33)22(25(37)41)17-8-3-2-4-9-17/h2-12,15,20,22,26H,13-14H2,1H3,(H2,37,41)(H,39,43)(H,40,42)/t20-,22+,26-/m1/s1. The monoisotopic (exact) mass is 604 g/mol. The predicted octanol–water partition coefficient (Wildman–Crippen LogP) is 5.47. The van der Waals surface area contributed by atoms with Gasteiger partial charge in [0.25, 0.3) is 5.91 Å². The van der Waals surface area contributed by atoms with Crippen LogP contribution >= 0.6 is 0 Å². The molecule has 0 radical (unpaired) electrons. The first-order chi connectivity index (χ1) is 20.2. The second kappa shape index (κ2) is 12.3. The van der Waals surface area contributed by atoms with Crippen molar-refractivity contribution in [2.75, 3.05) is 5.32 Å². The van der Waals surface area contributed by atoms with Crippen LogP contribution in [0.1, 0.15) is 46.6 Å². The molecule has 0 saturated heterocycles. The molecule has 0 unspecified atom stereocenters. The zero-order valence-electron chi connectivity index (χ0n) is 22.6. The molecule has 1 heterocycles. The molecule has 1 aliphatic rings. The van der Waals surface area contributed by atoms with Crippen molar-refractivity contribution in [3.63, 3.8) is 0 Å². The Bertz CT molecular complexity index is 1550. The number of alkyl halides is 6. The number of rotatable bonds is 8.